The first-order valence-electron chi connectivity index (χ1n) is 11.7. The normalized spacial score (nSPS) is 23.9. The van der Waals surface area contributed by atoms with E-state index >= 15 is 0 Å². The Kier molecular flexibility index (Phi) is 5.88. The first-order valence-corrected chi connectivity index (χ1v) is 11.7. The highest BCUT2D eigenvalue weighted by Gasteiger charge is 2.48. The van der Waals surface area contributed by atoms with Crippen molar-refractivity contribution in [2.75, 3.05) is 23.5 Å². The summed E-state index contributed by atoms with van der Waals surface area (Å²) in [6, 6.07) is 13.5. The zero-order valence-corrected chi connectivity index (χ0v) is 19.6. The van der Waals surface area contributed by atoms with Crippen LogP contribution >= 0.6 is 0 Å². The average molecular weight is 475 g/mol. The number of carbonyl (C=O) groups excluding carboxylic acids is 4. The molecule has 3 aliphatic rings. The monoisotopic (exact) mass is 474 g/mol. The standard InChI is InChI=1S/C27H26N2O6/c1-16-9-10-22-23(11-16)26(32)29(25(22)31)19-6-4-8-21(14-19)35-27(33)17-12-24(30)28(15-17)18-5-3-7-20(13-18)34-2/h3-9,13-14,17,22-23H,10-12,15H2,1-2H3/t17-,22+,23+/m1/s1. The zero-order chi connectivity index (χ0) is 24.7. The predicted molar refractivity (Wildman–Crippen MR) is 128 cm³/mol. The molecule has 1 aliphatic carbocycles. The lowest BCUT2D eigenvalue weighted by Crippen LogP contribution is -2.31. The van der Waals surface area contributed by atoms with Crippen LogP contribution in [0.5, 0.6) is 11.5 Å². The molecule has 8 heteroatoms. The second-order valence-corrected chi connectivity index (χ2v) is 9.24. The van der Waals surface area contributed by atoms with Crippen LogP contribution in [0.1, 0.15) is 26.2 Å². The van der Waals surface area contributed by atoms with E-state index in [1.165, 1.54) is 11.0 Å². The molecule has 2 aromatic rings. The van der Waals surface area contributed by atoms with Gasteiger partial charge in [-0.3, -0.25) is 19.2 Å². The predicted octanol–water partition coefficient (Wildman–Crippen LogP) is 3.50. The molecule has 3 atom stereocenters. The number of rotatable bonds is 5. The fraction of sp³-hybridized carbons (Fsp3) is 0.333. The quantitative estimate of drug-likeness (QED) is 0.285. The van der Waals surface area contributed by atoms with Gasteiger partial charge in [-0.2, -0.15) is 0 Å². The Morgan fingerprint density at radius 1 is 0.914 bits per heavy atom. The highest BCUT2D eigenvalue weighted by atomic mass is 16.5. The van der Waals surface area contributed by atoms with Crippen LogP contribution in [0.2, 0.25) is 0 Å². The van der Waals surface area contributed by atoms with Crippen LogP contribution in [-0.4, -0.2) is 37.3 Å². The third-order valence-electron chi connectivity index (χ3n) is 6.94. The first-order chi connectivity index (χ1) is 16.9. The van der Waals surface area contributed by atoms with Crippen molar-refractivity contribution in [3.05, 3.63) is 60.2 Å². The number of methoxy groups -OCH3 is 1. The van der Waals surface area contributed by atoms with E-state index in [0.717, 1.165) is 5.57 Å². The molecule has 0 spiro atoms. The van der Waals surface area contributed by atoms with Gasteiger partial charge >= 0.3 is 5.97 Å². The van der Waals surface area contributed by atoms with Crippen molar-refractivity contribution in [1.82, 2.24) is 0 Å². The summed E-state index contributed by atoms with van der Waals surface area (Å²) >= 11 is 0. The Balaban J connectivity index is 1.29. The second kappa shape index (κ2) is 9.02. The maximum absolute atomic E-state index is 13.0. The summed E-state index contributed by atoms with van der Waals surface area (Å²) in [5.41, 5.74) is 2.16. The number of esters is 1. The smallest absolute Gasteiger partial charge is 0.316 e. The summed E-state index contributed by atoms with van der Waals surface area (Å²) < 4.78 is 10.8. The highest BCUT2D eigenvalue weighted by Crippen LogP contribution is 2.40. The Hall–Kier alpha value is -3.94. The van der Waals surface area contributed by atoms with Crippen LogP contribution in [0, 0.1) is 17.8 Å². The van der Waals surface area contributed by atoms with E-state index in [9.17, 15) is 19.2 Å². The molecule has 35 heavy (non-hydrogen) atoms. The summed E-state index contributed by atoms with van der Waals surface area (Å²) in [7, 11) is 1.55. The molecule has 2 aromatic carbocycles. The first kappa shape index (κ1) is 22.8. The number of imide groups is 1. The maximum atomic E-state index is 13.0. The molecule has 2 heterocycles. The number of amides is 3. The van der Waals surface area contributed by atoms with Crippen molar-refractivity contribution in [2.24, 2.45) is 17.8 Å². The van der Waals surface area contributed by atoms with Gasteiger partial charge in [-0.1, -0.05) is 23.8 Å². The fourth-order valence-corrected chi connectivity index (χ4v) is 5.07. The Morgan fingerprint density at radius 3 is 2.37 bits per heavy atom. The number of hydrogen-bond acceptors (Lipinski definition) is 6. The van der Waals surface area contributed by atoms with E-state index in [2.05, 4.69) is 0 Å². The van der Waals surface area contributed by atoms with Crippen LogP contribution in [0.4, 0.5) is 11.4 Å². The molecule has 0 radical (unpaired) electrons. The Bertz CT molecular complexity index is 1250. The van der Waals surface area contributed by atoms with Gasteiger partial charge in [0.15, 0.2) is 0 Å². The zero-order valence-electron chi connectivity index (χ0n) is 19.6. The number of allylic oxidation sites excluding steroid dienone is 2. The van der Waals surface area contributed by atoms with Crippen LogP contribution in [0.15, 0.2) is 60.2 Å². The molecule has 180 valence electrons. The van der Waals surface area contributed by atoms with Crippen molar-refractivity contribution in [3.8, 4) is 11.5 Å². The average Bonchev–Trinajstić information content (AvgIpc) is 3.36. The SMILES string of the molecule is COc1cccc(N2C[C@H](C(=O)Oc3cccc(N4C(=O)[C@H]5CC=C(C)C[C@@H]5C4=O)c3)CC2=O)c1. The lowest BCUT2D eigenvalue weighted by Gasteiger charge is -2.18. The number of hydrogen-bond donors (Lipinski definition) is 0. The molecule has 2 fully saturated rings. The molecular weight excluding hydrogens is 448 g/mol. The van der Waals surface area contributed by atoms with E-state index in [4.69, 9.17) is 9.47 Å². The van der Waals surface area contributed by atoms with E-state index in [1.54, 1.807) is 54.5 Å². The molecule has 5 rings (SSSR count). The minimum absolute atomic E-state index is 0.0363. The summed E-state index contributed by atoms with van der Waals surface area (Å²) in [6.45, 7) is 2.17. The van der Waals surface area contributed by atoms with Gasteiger partial charge in [0.1, 0.15) is 11.5 Å². The van der Waals surface area contributed by atoms with E-state index in [0.29, 0.717) is 30.0 Å². The van der Waals surface area contributed by atoms with Crippen molar-refractivity contribution in [1.29, 1.82) is 0 Å². The molecule has 0 N–H and O–H groups in total. The summed E-state index contributed by atoms with van der Waals surface area (Å²) in [5, 5.41) is 0. The van der Waals surface area contributed by atoms with Crippen molar-refractivity contribution in [2.45, 2.75) is 26.2 Å². The van der Waals surface area contributed by atoms with Gasteiger partial charge in [0, 0.05) is 30.8 Å². The molecule has 0 aromatic heterocycles. The summed E-state index contributed by atoms with van der Waals surface area (Å²) in [5.74, 6) is -1.62. The maximum Gasteiger partial charge on any atom is 0.316 e. The molecule has 0 bridgehead atoms. The fourth-order valence-electron chi connectivity index (χ4n) is 5.07. The summed E-state index contributed by atoms with van der Waals surface area (Å²) in [4.78, 5) is 54.2. The molecule has 2 aliphatic heterocycles. The summed E-state index contributed by atoms with van der Waals surface area (Å²) in [6.07, 6.45) is 3.20. The van der Waals surface area contributed by atoms with Crippen LogP contribution < -0.4 is 19.3 Å². The number of anilines is 2. The number of benzene rings is 2. The van der Waals surface area contributed by atoms with Crippen molar-refractivity contribution in [3.63, 3.8) is 0 Å². The Labute approximate surface area is 203 Å². The van der Waals surface area contributed by atoms with Crippen LogP contribution in [0.25, 0.3) is 0 Å². The molecule has 0 unspecified atom stereocenters. The second-order valence-electron chi connectivity index (χ2n) is 9.24. The van der Waals surface area contributed by atoms with Gasteiger partial charge in [0.2, 0.25) is 17.7 Å². The van der Waals surface area contributed by atoms with E-state index in [-0.39, 0.29) is 48.3 Å². The minimum atomic E-state index is -0.635. The number of fused-ring (bicyclic) bond motifs is 1. The van der Waals surface area contributed by atoms with Crippen molar-refractivity contribution >= 4 is 35.1 Å². The lowest BCUT2D eigenvalue weighted by molar-refractivity contribution is -0.139. The topological polar surface area (TPSA) is 93.2 Å². The molecule has 0 saturated carbocycles. The van der Waals surface area contributed by atoms with Gasteiger partial charge in [0.05, 0.1) is 30.6 Å². The van der Waals surface area contributed by atoms with Crippen LogP contribution in [0.3, 0.4) is 0 Å². The van der Waals surface area contributed by atoms with Gasteiger partial charge in [0.25, 0.3) is 0 Å². The number of nitrogens with zero attached hydrogens (tertiary/aromatic N) is 2. The number of carbonyl (C=O) groups is 4. The van der Waals surface area contributed by atoms with Crippen molar-refractivity contribution < 1.29 is 28.7 Å². The van der Waals surface area contributed by atoms with E-state index in [1.807, 2.05) is 13.0 Å². The third kappa shape index (κ3) is 4.20. The van der Waals surface area contributed by atoms with Crippen LogP contribution in [-0.2, 0) is 19.2 Å². The number of ether oxygens (including phenoxy) is 2. The lowest BCUT2D eigenvalue weighted by atomic mass is 9.82. The molecule has 2 saturated heterocycles. The minimum Gasteiger partial charge on any atom is -0.497 e. The van der Waals surface area contributed by atoms with Gasteiger partial charge in [-0.25, -0.2) is 4.90 Å². The highest BCUT2D eigenvalue weighted by molar-refractivity contribution is 6.22. The molecule has 3 amide bonds. The Morgan fingerprint density at radius 2 is 1.60 bits per heavy atom. The van der Waals surface area contributed by atoms with Gasteiger partial charge < -0.3 is 14.4 Å². The molecular formula is C27H26N2O6. The largest absolute Gasteiger partial charge is 0.497 e. The molecule has 8 nitrogen and oxygen atoms in total. The van der Waals surface area contributed by atoms with E-state index < -0.39 is 11.9 Å². The third-order valence-corrected chi connectivity index (χ3v) is 6.94. The van der Waals surface area contributed by atoms with Gasteiger partial charge in [-0.05, 0) is 44.0 Å². The van der Waals surface area contributed by atoms with Gasteiger partial charge in [-0.15, -0.1) is 0 Å².